The molecule has 0 saturated carbocycles. The monoisotopic (exact) mass is 286 g/mol. The molecule has 4 rings (SSSR count). The van der Waals surface area contributed by atoms with Crippen molar-refractivity contribution in [3.05, 3.63) is 89.0 Å². The van der Waals surface area contributed by atoms with Crippen LogP contribution in [0.15, 0.2) is 66.7 Å². The maximum atomic E-state index is 10.4. The van der Waals surface area contributed by atoms with Crippen LogP contribution in [0.5, 0.6) is 0 Å². The molecule has 0 aromatic heterocycles. The highest BCUT2D eigenvalue weighted by molar-refractivity contribution is 5.88. The van der Waals surface area contributed by atoms with E-state index >= 15 is 0 Å². The molecule has 0 spiro atoms. The lowest BCUT2D eigenvalue weighted by atomic mass is 9.85. The summed E-state index contributed by atoms with van der Waals surface area (Å²) in [4.78, 5) is 0. The highest BCUT2D eigenvalue weighted by Crippen LogP contribution is 2.40. The van der Waals surface area contributed by atoms with Crippen LogP contribution in [-0.2, 0) is 0 Å². The van der Waals surface area contributed by atoms with E-state index in [9.17, 15) is 5.11 Å². The normalized spacial score (nSPS) is 17.6. The number of aliphatic hydroxyl groups is 1. The van der Waals surface area contributed by atoms with Gasteiger partial charge >= 0.3 is 0 Å². The summed E-state index contributed by atoms with van der Waals surface area (Å²) in [6.45, 7) is 1.86. The zero-order valence-corrected chi connectivity index (χ0v) is 12.5. The van der Waals surface area contributed by atoms with Crippen LogP contribution in [-0.4, -0.2) is 5.11 Å². The van der Waals surface area contributed by atoms with Crippen molar-refractivity contribution >= 4 is 16.8 Å². The number of fused-ring (bicyclic) bond motifs is 2. The van der Waals surface area contributed by atoms with Gasteiger partial charge in [-0.05, 0) is 39.9 Å². The van der Waals surface area contributed by atoms with E-state index in [2.05, 4.69) is 60.7 Å². The largest absolute Gasteiger partial charge is 0.389 e. The standard InChI is InChI=1S/C21H18O/c1-14(22)21-18-9-5-3-7-16(18)11-13-20(21)19-12-10-15-6-2-4-8-17(15)19/h2-14,19,22H,1H3. The Bertz CT molecular complexity index is 874. The summed E-state index contributed by atoms with van der Waals surface area (Å²) in [5.41, 5.74) is 4.84. The first-order chi connectivity index (χ1) is 10.8. The van der Waals surface area contributed by atoms with Crippen molar-refractivity contribution in [3.8, 4) is 0 Å². The zero-order chi connectivity index (χ0) is 15.1. The molecule has 1 aliphatic carbocycles. The van der Waals surface area contributed by atoms with Gasteiger partial charge in [0.15, 0.2) is 0 Å². The van der Waals surface area contributed by atoms with Crippen LogP contribution in [0.4, 0.5) is 0 Å². The molecule has 1 aliphatic rings. The lowest BCUT2D eigenvalue weighted by Crippen LogP contribution is -2.04. The predicted octanol–water partition coefficient (Wildman–Crippen LogP) is 5.05. The van der Waals surface area contributed by atoms with Crippen LogP contribution in [0.2, 0.25) is 0 Å². The molecule has 3 aromatic carbocycles. The van der Waals surface area contributed by atoms with Crippen LogP contribution in [0.3, 0.4) is 0 Å². The van der Waals surface area contributed by atoms with Crippen molar-refractivity contribution in [2.45, 2.75) is 18.9 Å². The molecule has 1 heteroatoms. The van der Waals surface area contributed by atoms with E-state index in [0.717, 1.165) is 10.9 Å². The molecule has 1 nitrogen and oxygen atoms in total. The Morgan fingerprint density at radius 2 is 1.64 bits per heavy atom. The molecule has 22 heavy (non-hydrogen) atoms. The number of allylic oxidation sites excluding steroid dienone is 1. The number of rotatable bonds is 2. The van der Waals surface area contributed by atoms with Crippen LogP contribution in [0, 0.1) is 0 Å². The van der Waals surface area contributed by atoms with Crippen LogP contribution >= 0.6 is 0 Å². The average Bonchev–Trinajstić information content (AvgIpc) is 2.97. The Kier molecular flexibility index (Phi) is 3.09. The minimum Gasteiger partial charge on any atom is -0.389 e. The van der Waals surface area contributed by atoms with Gasteiger partial charge < -0.3 is 5.11 Å². The molecule has 0 bridgehead atoms. The van der Waals surface area contributed by atoms with Gasteiger partial charge in [0, 0.05) is 5.92 Å². The van der Waals surface area contributed by atoms with E-state index in [-0.39, 0.29) is 5.92 Å². The van der Waals surface area contributed by atoms with Crippen molar-refractivity contribution in [3.63, 3.8) is 0 Å². The van der Waals surface area contributed by atoms with Gasteiger partial charge in [0.05, 0.1) is 6.10 Å². The summed E-state index contributed by atoms with van der Waals surface area (Å²) in [7, 11) is 0. The molecule has 3 aromatic rings. The topological polar surface area (TPSA) is 20.2 Å². The molecule has 0 aliphatic heterocycles. The summed E-state index contributed by atoms with van der Waals surface area (Å²) >= 11 is 0. The SMILES string of the molecule is CC(O)c1c(C2C=Cc3ccccc32)ccc2ccccc12. The summed E-state index contributed by atoms with van der Waals surface area (Å²) in [6, 6.07) is 21.1. The maximum absolute atomic E-state index is 10.4. The van der Waals surface area contributed by atoms with E-state index in [4.69, 9.17) is 0 Å². The minimum atomic E-state index is -0.484. The predicted molar refractivity (Wildman–Crippen MR) is 91.9 cm³/mol. The maximum Gasteiger partial charge on any atom is 0.0770 e. The van der Waals surface area contributed by atoms with Gasteiger partial charge in [-0.1, -0.05) is 72.8 Å². The molecular formula is C21H18O. The summed E-state index contributed by atoms with van der Waals surface area (Å²) < 4.78 is 0. The third-order valence-electron chi connectivity index (χ3n) is 4.56. The molecule has 1 N–H and O–H groups in total. The van der Waals surface area contributed by atoms with Crippen LogP contribution in [0.1, 0.15) is 41.2 Å². The molecule has 0 amide bonds. The molecule has 0 saturated heterocycles. The van der Waals surface area contributed by atoms with E-state index in [1.165, 1.54) is 22.1 Å². The minimum absolute atomic E-state index is 0.227. The second-order valence-corrected chi connectivity index (χ2v) is 5.93. The van der Waals surface area contributed by atoms with Gasteiger partial charge in [-0.15, -0.1) is 0 Å². The fourth-order valence-corrected chi connectivity index (χ4v) is 3.57. The van der Waals surface area contributed by atoms with Gasteiger partial charge in [0.1, 0.15) is 0 Å². The van der Waals surface area contributed by atoms with Gasteiger partial charge in [-0.3, -0.25) is 0 Å². The van der Waals surface area contributed by atoms with Gasteiger partial charge in [-0.25, -0.2) is 0 Å². The Labute approximate surface area is 130 Å². The van der Waals surface area contributed by atoms with Crippen molar-refractivity contribution in [2.24, 2.45) is 0 Å². The molecular weight excluding hydrogens is 268 g/mol. The number of hydrogen-bond acceptors (Lipinski definition) is 1. The summed E-state index contributed by atoms with van der Waals surface area (Å²) in [5.74, 6) is 0.227. The quantitative estimate of drug-likeness (QED) is 0.698. The second kappa shape index (κ2) is 5.11. The fraction of sp³-hybridized carbons (Fsp3) is 0.143. The van der Waals surface area contributed by atoms with E-state index in [0.29, 0.717) is 0 Å². The summed E-state index contributed by atoms with van der Waals surface area (Å²) in [5, 5.41) is 12.7. The van der Waals surface area contributed by atoms with Gasteiger partial charge in [-0.2, -0.15) is 0 Å². The van der Waals surface area contributed by atoms with Crippen molar-refractivity contribution < 1.29 is 5.11 Å². The van der Waals surface area contributed by atoms with Crippen LogP contribution < -0.4 is 0 Å². The van der Waals surface area contributed by atoms with Crippen molar-refractivity contribution in [1.29, 1.82) is 0 Å². The van der Waals surface area contributed by atoms with E-state index < -0.39 is 6.10 Å². The lowest BCUT2D eigenvalue weighted by Gasteiger charge is -2.20. The fourth-order valence-electron chi connectivity index (χ4n) is 3.57. The first-order valence-electron chi connectivity index (χ1n) is 7.72. The number of benzene rings is 3. The highest BCUT2D eigenvalue weighted by Gasteiger charge is 2.23. The Morgan fingerprint density at radius 1 is 0.864 bits per heavy atom. The van der Waals surface area contributed by atoms with Crippen LogP contribution in [0.25, 0.3) is 16.8 Å². The molecule has 2 atom stereocenters. The Morgan fingerprint density at radius 3 is 2.50 bits per heavy atom. The molecule has 0 fully saturated rings. The number of hydrogen-bond donors (Lipinski definition) is 1. The van der Waals surface area contributed by atoms with Crippen molar-refractivity contribution in [1.82, 2.24) is 0 Å². The molecule has 108 valence electrons. The Hall–Kier alpha value is -2.38. The summed E-state index contributed by atoms with van der Waals surface area (Å²) in [6.07, 6.45) is 3.93. The van der Waals surface area contributed by atoms with Gasteiger partial charge in [0.2, 0.25) is 0 Å². The lowest BCUT2D eigenvalue weighted by molar-refractivity contribution is 0.199. The third kappa shape index (κ3) is 1.98. The Balaban J connectivity index is 1.97. The van der Waals surface area contributed by atoms with E-state index in [1.54, 1.807) is 0 Å². The first kappa shape index (κ1) is 13.3. The second-order valence-electron chi connectivity index (χ2n) is 5.93. The van der Waals surface area contributed by atoms with Crippen molar-refractivity contribution in [2.75, 3.05) is 0 Å². The van der Waals surface area contributed by atoms with E-state index in [1.807, 2.05) is 19.1 Å². The average molecular weight is 286 g/mol. The third-order valence-corrected chi connectivity index (χ3v) is 4.56. The zero-order valence-electron chi connectivity index (χ0n) is 12.5. The number of aliphatic hydroxyl groups excluding tert-OH is 1. The highest BCUT2D eigenvalue weighted by atomic mass is 16.3. The first-order valence-corrected chi connectivity index (χ1v) is 7.72. The molecule has 0 heterocycles. The smallest absolute Gasteiger partial charge is 0.0770 e. The molecule has 0 radical (unpaired) electrons. The van der Waals surface area contributed by atoms with Gasteiger partial charge in [0.25, 0.3) is 0 Å². The molecule has 2 unspecified atom stereocenters.